The Hall–Kier alpha value is -1.68. The molecule has 1 aromatic carbocycles. The Morgan fingerprint density at radius 2 is 2.18 bits per heavy atom. The van der Waals surface area contributed by atoms with Crippen LogP contribution in [0.25, 0.3) is 0 Å². The van der Waals surface area contributed by atoms with Crippen molar-refractivity contribution in [3.63, 3.8) is 0 Å². The van der Waals surface area contributed by atoms with Crippen LogP contribution in [0.1, 0.15) is 17.0 Å². The van der Waals surface area contributed by atoms with Gasteiger partial charge < -0.3 is 5.32 Å². The molecule has 5 heteroatoms. The van der Waals surface area contributed by atoms with Crippen LogP contribution < -0.4 is 5.32 Å². The summed E-state index contributed by atoms with van der Waals surface area (Å²) in [5, 5.41) is 2.52. The fourth-order valence-corrected chi connectivity index (χ4v) is 1.89. The Labute approximate surface area is 104 Å². The second-order valence-electron chi connectivity index (χ2n) is 3.87. The van der Waals surface area contributed by atoms with Gasteiger partial charge in [-0.05, 0) is 12.5 Å². The molecule has 0 spiro atoms. The number of aryl methyl sites for hydroxylation is 1. The molecule has 1 atom stereocenters. The monoisotopic (exact) mass is 250 g/mol. The quantitative estimate of drug-likeness (QED) is 0.637. The van der Waals surface area contributed by atoms with Crippen LogP contribution in [0.15, 0.2) is 29.3 Å². The molecule has 0 bridgehead atoms. The van der Waals surface area contributed by atoms with Crippen molar-refractivity contribution in [1.82, 2.24) is 5.32 Å². The van der Waals surface area contributed by atoms with Crippen LogP contribution in [-0.4, -0.2) is 23.5 Å². The van der Waals surface area contributed by atoms with Gasteiger partial charge in [0.05, 0.1) is 5.88 Å². The van der Waals surface area contributed by atoms with Crippen molar-refractivity contribution < 1.29 is 9.59 Å². The topological polar surface area (TPSA) is 58.5 Å². The maximum absolute atomic E-state index is 11.8. The Bertz CT molecular complexity index is 511. The summed E-state index contributed by atoms with van der Waals surface area (Å²) in [6, 6.07) is 7.27. The van der Waals surface area contributed by atoms with E-state index in [4.69, 9.17) is 11.6 Å². The number of benzene rings is 1. The van der Waals surface area contributed by atoms with Gasteiger partial charge in [-0.1, -0.05) is 29.8 Å². The third-order valence-corrected chi connectivity index (χ3v) is 2.78. The molecule has 2 amide bonds. The lowest BCUT2D eigenvalue weighted by Gasteiger charge is -2.19. The van der Waals surface area contributed by atoms with E-state index in [1.165, 1.54) is 0 Å². The number of nitrogens with one attached hydrogen (secondary N) is 1. The Morgan fingerprint density at radius 3 is 2.76 bits per heavy atom. The van der Waals surface area contributed by atoms with Gasteiger partial charge >= 0.3 is 0 Å². The van der Waals surface area contributed by atoms with Crippen LogP contribution in [0.4, 0.5) is 0 Å². The summed E-state index contributed by atoms with van der Waals surface area (Å²) in [5.41, 5.74) is 1.65. The number of hydrogen-bond acceptors (Lipinski definition) is 2. The SMILES string of the molecule is Cc1cccc(C2C(=O)N=C(CCl)NC2=O)c1. The molecule has 1 heterocycles. The number of carbonyl (C=O) groups is 2. The molecule has 0 saturated carbocycles. The highest BCUT2D eigenvalue weighted by atomic mass is 35.5. The summed E-state index contributed by atoms with van der Waals surface area (Å²) in [7, 11) is 0. The fourth-order valence-electron chi connectivity index (χ4n) is 1.76. The van der Waals surface area contributed by atoms with E-state index in [1.807, 2.05) is 25.1 Å². The van der Waals surface area contributed by atoms with E-state index in [-0.39, 0.29) is 17.6 Å². The summed E-state index contributed by atoms with van der Waals surface area (Å²) >= 11 is 5.53. The number of amides is 2. The standard InChI is InChI=1S/C12H11ClN2O2/c1-7-3-2-4-8(5-7)10-11(16)14-9(6-13)15-12(10)17/h2-5,10H,6H2,1H3,(H,14,15,16,17). The highest BCUT2D eigenvalue weighted by molar-refractivity contribution is 6.32. The van der Waals surface area contributed by atoms with Crippen LogP contribution in [0.3, 0.4) is 0 Å². The van der Waals surface area contributed by atoms with Gasteiger partial charge in [0.15, 0.2) is 0 Å². The minimum Gasteiger partial charge on any atom is -0.312 e. The largest absolute Gasteiger partial charge is 0.312 e. The molecule has 17 heavy (non-hydrogen) atoms. The first kappa shape index (κ1) is 11.8. The highest BCUT2D eigenvalue weighted by Gasteiger charge is 2.32. The van der Waals surface area contributed by atoms with Crippen molar-refractivity contribution >= 4 is 29.3 Å². The first-order valence-corrected chi connectivity index (χ1v) is 5.70. The molecule has 0 aliphatic carbocycles. The molecule has 0 radical (unpaired) electrons. The molecule has 1 unspecified atom stereocenters. The lowest BCUT2D eigenvalue weighted by Crippen LogP contribution is -2.43. The normalized spacial score (nSPS) is 19.9. The lowest BCUT2D eigenvalue weighted by atomic mass is 9.95. The van der Waals surface area contributed by atoms with Crippen molar-refractivity contribution in [1.29, 1.82) is 0 Å². The maximum atomic E-state index is 11.8. The number of hydrogen-bond donors (Lipinski definition) is 1. The predicted molar refractivity (Wildman–Crippen MR) is 65.2 cm³/mol. The van der Waals surface area contributed by atoms with Crippen molar-refractivity contribution in [2.75, 3.05) is 5.88 Å². The van der Waals surface area contributed by atoms with Gasteiger partial charge in [-0.3, -0.25) is 9.59 Å². The molecule has 1 aromatic rings. The summed E-state index contributed by atoms with van der Waals surface area (Å²) in [6.45, 7) is 1.90. The number of nitrogens with zero attached hydrogens (tertiary/aromatic N) is 1. The summed E-state index contributed by atoms with van der Waals surface area (Å²) in [5.74, 6) is -1.45. The number of amidine groups is 1. The van der Waals surface area contributed by atoms with Gasteiger partial charge in [0.25, 0.3) is 5.91 Å². The summed E-state index contributed by atoms with van der Waals surface area (Å²) in [4.78, 5) is 27.3. The van der Waals surface area contributed by atoms with E-state index in [0.29, 0.717) is 5.56 Å². The lowest BCUT2D eigenvalue weighted by molar-refractivity contribution is -0.129. The van der Waals surface area contributed by atoms with Gasteiger partial charge in [0, 0.05) is 0 Å². The number of aliphatic imine (C=N–C) groups is 1. The van der Waals surface area contributed by atoms with Crippen molar-refractivity contribution in [3.8, 4) is 0 Å². The van der Waals surface area contributed by atoms with Gasteiger partial charge in [-0.2, -0.15) is 4.99 Å². The van der Waals surface area contributed by atoms with Crippen LogP contribution in [-0.2, 0) is 9.59 Å². The Kier molecular flexibility index (Phi) is 3.24. The second-order valence-corrected chi connectivity index (χ2v) is 4.13. The number of alkyl halides is 1. The minimum atomic E-state index is -0.859. The second kappa shape index (κ2) is 4.67. The molecule has 1 aliphatic heterocycles. The van der Waals surface area contributed by atoms with Crippen molar-refractivity contribution in [2.24, 2.45) is 4.99 Å². The summed E-state index contributed by atoms with van der Waals surface area (Å²) < 4.78 is 0. The molecule has 0 fully saturated rings. The third kappa shape index (κ3) is 2.36. The van der Waals surface area contributed by atoms with Gasteiger partial charge in [-0.25, -0.2) is 0 Å². The molecule has 88 valence electrons. The molecule has 4 nitrogen and oxygen atoms in total. The van der Waals surface area contributed by atoms with Gasteiger partial charge in [0.1, 0.15) is 11.8 Å². The molecule has 0 aromatic heterocycles. The van der Waals surface area contributed by atoms with Crippen LogP contribution in [0, 0.1) is 6.92 Å². The highest BCUT2D eigenvalue weighted by Crippen LogP contribution is 2.21. The number of rotatable bonds is 2. The van der Waals surface area contributed by atoms with Crippen LogP contribution >= 0.6 is 11.6 Å². The zero-order chi connectivity index (χ0) is 12.4. The van der Waals surface area contributed by atoms with Gasteiger partial charge in [-0.15, -0.1) is 11.6 Å². The average Bonchev–Trinajstić information content (AvgIpc) is 2.28. The van der Waals surface area contributed by atoms with E-state index >= 15 is 0 Å². The zero-order valence-corrected chi connectivity index (χ0v) is 9.99. The third-order valence-electron chi connectivity index (χ3n) is 2.52. The summed E-state index contributed by atoms with van der Waals surface area (Å²) in [6.07, 6.45) is 0. The molecule has 0 saturated heterocycles. The van der Waals surface area contributed by atoms with Crippen LogP contribution in [0.2, 0.25) is 0 Å². The van der Waals surface area contributed by atoms with E-state index in [2.05, 4.69) is 10.3 Å². The maximum Gasteiger partial charge on any atom is 0.264 e. The first-order valence-electron chi connectivity index (χ1n) is 5.16. The van der Waals surface area contributed by atoms with Crippen molar-refractivity contribution in [2.45, 2.75) is 12.8 Å². The fraction of sp³-hybridized carbons (Fsp3) is 0.250. The smallest absolute Gasteiger partial charge is 0.264 e. The molecule has 1 aliphatic rings. The predicted octanol–water partition coefficient (Wildman–Crippen LogP) is 1.37. The Balaban J connectivity index is 2.37. The Morgan fingerprint density at radius 1 is 1.41 bits per heavy atom. The molecule has 1 N–H and O–H groups in total. The minimum absolute atomic E-state index is 0.0258. The molecule has 2 rings (SSSR count). The van der Waals surface area contributed by atoms with Gasteiger partial charge in [0.2, 0.25) is 5.91 Å². The number of halogens is 1. The zero-order valence-electron chi connectivity index (χ0n) is 9.24. The van der Waals surface area contributed by atoms with Crippen LogP contribution in [0.5, 0.6) is 0 Å². The molecular weight excluding hydrogens is 240 g/mol. The van der Waals surface area contributed by atoms with E-state index < -0.39 is 11.8 Å². The molecular formula is C12H11ClN2O2. The van der Waals surface area contributed by atoms with E-state index in [0.717, 1.165) is 5.56 Å². The van der Waals surface area contributed by atoms with E-state index in [1.54, 1.807) is 6.07 Å². The first-order chi connectivity index (χ1) is 8.11. The van der Waals surface area contributed by atoms with Crippen molar-refractivity contribution in [3.05, 3.63) is 35.4 Å². The van der Waals surface area contributed by atoms with E-state index in [9.17, 15) is 9.59 Å². The average molecular weight is 251 g/mol. The number of carbonyl (C=O) groups excluding carboxylic acids is 2.